The lowest BCUT2D eigenvalue weighted by molar-refractivity contribution is 0.542. The Morgan fingerprint density at radius 3 is 2.20 bits per heavy atom. The van der Waals surface area contributed by atoms with E-state index in [0.29, 0.717) is 0 Å². The van der Waals surface area contributed by atoms with Gasteiger partial charge in [-0.2, -0.15) is 0 Å². The summed E-state index contributed by atoms with van der Waals surface area (Å²) in [4.78, 5) is 0. The van der Waals surface area contributed by atoms with E-state index in [9.17, 15) is 8.76 Å². The Morgan fingerprint density at radius 2 is 2.20 bits per heavy atom. The summed E-state index contributed by atoms with van der Waals surface area (Å²) in [6.45, 7) is 0. The fourth-order valence-corrected chi connectivity index (χ4v) is 0. The molecular weight excluding hydrogens is 107 g/mol. The van der Waals surface area contributed by atoms with Gasteiger partial charge in [-0.1, -0.05) is 11.1 Å². The fourth-order valence-electron chi connectivity index (χ4n) is 0. The van der Waals surface area contributed by atoms with Crippen molar-refractivity contribution in [3.8, 4) is 0 Å². The Balaban J connectivity index is 2.85. The second kappa shape index (κ2) is 2.76. The number of hydrogen-bond donors (Lipinski definition) is 0. The van der Waals surface area contributed by atoms with Crippen LogP contribution in [0.15, 0.2) is 0 Å². The average molecular weight is 111 g/mol. The van der Waals surface area contributed by atoms with Crippen LogP contribution in [0.25, 0.3) is 0 Å². The first kappa shape index (κ1) is 5.54. The minimum absolute atomic E-state index is 0.139. The van der Waals surface area contributed by atoms with Crippen molar-refractivity contribution in [2.24, 2.45) is 0 Å². The molecule has 0 rings (SSSR count). The molecule has 0 fully saturated rings. The lowest BCUT2D eigenvalue weighted by atomic mass is 11.9. The largest absolute Gasteiger partial charge is 0.772 e. The predicted molar refractivity (Wildman–Crippen MR) is 23.5 cm³/mol. The molecule has 0 aromatic rings. The summed E-state index contributed by atoms with van der Waals surface area (Å²) < 4.78 is 18.7. The molecule has 32 valence electrons. The van der Waals surface area contributed by atoms with Crippen LogP contribution in [0, 0.1) is 0 Å². The SMILES string of the molecule is O=S([O-])CP. The Kier molecular flexibility index (Phi) is 3.06. The summed E-state index contributed by atoms with van der Waals surface area (Å²) in [6, 6.07) is 0. The third-order valence-electron chi connectivity index (χ3n) is 0.136. The standard InChI is InChI=1S/CH5O2PS/c2-5(3)1-4/h1,4H2,(H,2,3)/p-1. The highest BCUT2D eigenvalue weighted by Gasteiger charge is 1.62. The molecule has 0 amide bonds. The normalized spacial score (nSPS) is 14.8. The van der Waals surface area contributed by atoms with Crippen molar-refractivity contribution in [1.82, 2.24) is 0 Å². The summed E-state index contributed by atoms with van der Waals surface area (Å²) in [5, 5.41) is 0. The minimum Gasteiger partial charge on any atom is -0.772 e. The topological polar surface area (TPSA) is 40.1 Å². The first-order valence-electron chi connectivity index (χ1n) is 1.03. The average Bonchev–Trinajstić information content (AvgIpc) is 1.38. The molecule has 4 heteroatoms. The van der Waals surface area contributed by atoms with Crippen LogP contribution in [0.3, 0.4) is 0 Å². The third-order valence-corrected chi connectivity index (χ3v) is 1.22. The fraction of sp³-hybridized carbons (Fsp3) is 1.00. The van der Waals surface area contributed by atoms with E-state index in [2.05, 4.69) is 9.24 Å². The molecule has 0 radical (unpaired) electrons. The summed E-state index contributed by atoms with van der Waals surface area (Å²) >= 11 is -1.86. The molecule has 0 spiro atoms. The van der Waals surface area contributed by atoms with Crippen molar-refractivity contribution >= 4 is 20.3 Å². The predicted octanol–water partition coefficient (Wildman–Crippen LogP) is -0.302. The minimum atomic E-state index is -1.86. The highest BCUT2D eigenvalue weighted by Crippen LogP contribution is 1.79. The Bertz CT molecular complexity index is 44.9. The first-order chi connectivity index (χ1) is 2.27. The maximum Gasteiger partial charge on any atom is 0.0247 e. The van der Waals surface area contributed by atoms with E-state index < -0.39 is 11.1 Å². The van der Waals surface area contributed by atoms with Crippen molar-refractivity contribution in [3.05, 3.63) is 0 Å². The van der Waals surface area contributed by atoms with Crippen LogP contribution in [0.2, 0.25) is 0 Å². The van der Waals surface area contributed by atoms with E-state index in [-0.39, 0.29) is 5.49 Å². The molecule has 2 atom stereocenters. The molecule has 0 N–H and O–H groups in total. The summed E-state index contributed by atoms with van der Waals surface area (Å²) in [5.74, 6) is 0. The maximum absolute atomic E-state index is 9.35. The van der Waals surface area contributed by atoms with Gasteiger partial charge in [0.05, 0.1) is 0 Å². The monoisotopic (exact) mass is 111 g/mol. The van der Waals surface area contributed by atoms with E-state index >= 15 is 0 Å². The molecule has 0 saturated carbocycles. The molecule has 0 heterocycles. The molecule has 0 aliphatic heterocycles. The zero-order chi connectivity index (χ0) is 4.28. The highest BCUT2D eigenvalue weighted by atomic mass is 32.2. The van der Waals surface area contributed by atoms with Crippen LogP contribution >= 0.6 is 9.24 Å². The van der Waals surface area contributed by atoms with Gasteiger partial charge >= 0.3 is 0 Å². The van der Waals surface area contributed by atoms with Gasteiger partial charge in [0.25, 0.3) is 0 Å². The van der Waals surface area contributed by atoms with E-state index in [4.69, 9.17) is 0 Å². The quantitative estimate of drug-likeness (QED) is 0.344. The Morgan fingerprint density at radius 1 is 2.00 bits per heavy atom. The van der Waals surface area contributed by atoms with E-state index in [0.717, 1.165) is 0 Å². The van der Waals surface area contributed by atoms with Gasteiger partial charge in [0.15, 0.2) is 0 Å². The van der Waals surface area contributed by atoms with Crippen molar-refractivity contribution < 1.29 is 8.76 Å². The molecule has 0 aliphatic rings. The molecule has 2 unspecified atom stereocenters. The molecule has 0 aromatic carbocycles. The van der Waals surface area contributed by atoms with Gasteiger partial charge in [0.2, 0.25) is 0 Å². The van der Waals surface area contributed by atoms with Crippen LogP contribution in [-0.2, 0) is 11.1 Å². The molecular formula is CH4O2PS-. The van der Waals surface area contributed by atoms with Gasteiger partial charge < -0.3 is 4.55 Å². The number of rotatable bonds is 1. The molecule has 0 aliphatic carbocycles. The molecule has 0 bridgehead atoms. The van der Waals surface area contributed by atoms with E-state index in [1.807, 2.05) is 0 Å². The van der Waals surface area contributed by atoms with Gasteiger partial charge in [0.1, 0.15) is 0 Å². The highest BCUT2D eigenvalue weighted by molar-refractivity contribution is 7.83. The van der Waals surface area contributed by atoms with Crippen LogP contribution < -0.4 is 0 Å². The van der Waals surface area contributed by atoms with Crippen LogP contribution in [0.1, 0.15) is 0 Å². The molecule has 0 aromatic heterocycles. The van der Waals surface area contributed by atoms with Crippen molar-refractivity contribution in [3.63, 3.8) is 0 Å². The first-order valence-corrected chi connectivity index (χ1v) is 3.09. The summed E-state index contributed by atoms with van der Waals surface area (Å²) in [6.07, 6.45) is 0. The smallest absolute Gasteiger partial charge is 0.0247 e. The van der Waals surface area contributed by atoms with E-state index in [1.165, 1.54) is 0 Å². The Hall–Kier alpha value is 0.540. The van der Waals surface area contributed by atoms with Crippen molar-refractivity contribution in [1.29, 1.82) is 0 Å². The van der Waals surface area contributed by atoms with Crippen LogP contribution in [0.4, 0.5) is 0 Å². The second-order valence-electron chi connectivity index (χ2n) is 0.470. The van der Waals surface area contributed by atoms with Gasteiger partial charge in [-0.15, -0.1) is 9.24 Å². The Labute approximate surface area is 35.4 Å². The second-order valence-corrected chi connectivity index (χ2v) is 2.41. The maximum atomic E-state index is 9.35. The van der Waals surface area contributed by atoms with Crippen molar-refractivity contribution in [2.45, 2.75) is 0 Å². The zero-order valence-electron chi connectivity index (χ0n) is 2.51. The lowest BCUT2D eigenvalue weighted by Crippen LogP contribution is -1.82. The summed E-state index contributed by atoms with van der Waals surface area (Å²) in [7, 11) is 2.08. The van der Waals surface area contributed by atoms with Gasteiger partial charge in [-0.3, -0.25) is 4.21 Å². The molecule has 5 heavy (non-hydrogen) atoms. The van der Waals surface area contributed by atoms with Gasteiger partial charge in [-0.25, -0.2) is 0 Å². The number of hydrogen-bond acceptors (Lipinski definition) is 2. The van der Waals surface area contributed by atoms with Gasteiger partial charge in [0, 0.05) is 5.49 Å². The van der Waals surface area contributed by atoms with Gasteiger partial charge in [-0.05, 0) is 0 Å². The molecule has 0 saturated heterocycles. The van der Waals surface area contributed by atoms with Crippen molar-refractivity contribution in [2.75, 3.05) is 5.49 Å². The third kappa shape index (κ3) is 4.54. The lowest BCUT2D eigenvalue weighted by Gasteiger charge is -1.93. The van der Waals surface area contributed by atoms with Crippen LogP contribution in [0.5, 0.6) is 0 Å². The zero-order valence-corrected chi connectivity index (χ0v) is 4.48. The van der Waals surface area contributed by atoms with E-state index in [1.54, 1.807) is 0 Å². The molecule has 2 nitrogen and oxygen atoms in total. The summed E-state index contributed by atoms with van der Waals surface area (Å²) in [5.41, 5.74) is 0.139. The van der Waals surface area contributed by atoms with Crippen LogP contribution in [-0.4, -0.2) is 14.3 Å².